The van der Waals surface area contributed by atoms with Gasteiger partial charge >= 0.3 is 0 Å². The van der Waals surface area contributed by atoms with E-state index < -0.39 is 0 Å². The third-order valence-corrected chi connectivity index (χ3v) is 2.61. The molecule has 0 aliphatic heterocycles. The summed E-state index contributed by atoms with van der Waals surface area (Å²) < 4.78 is 3.10. The number of rotatable bonds is 2. The van der Waals surface area contributed by atoms with Crippen molar-refractivity contribution in [2.75, 3.05) is 0 Å². The zero-order valence-corrected chi connectivity index (χ0v) is 9.08. The molecule has 0 atom stereocenters. The lowest BCUT2D eigenvalue weighted by Crippen LogP contribution is -1.81. The molecule has 0 fully saturated rings. The van der Waals surface area contributed by atoms with Gasteiger partial charge < -0.3 is 4.40 Å². The van der Waals surface area contributed by atoms with Gasteiger partial charge in [0.2, 0.25) is 0 Å². The Morgan fingerprint density at radius 1 is 1.54 bits per heavy atom. The summed E-state index contributed by atoms with van der Waals surface area (Å²) in [5.74, 6) is 0. The summed E-state index contributed by atoms with van der Waals surface area (Å²) in [6.45, 7) is 2.17. The van der Waals surface area contributed by atoms with E-state index in [4.69, 9.17) is 0 Å². The molecule has 0 bridgehead atoms. The van der Waals surface area contributed by atoms with E-state index in [-0.39, 0.29) is 0 Å². The van der Waals surface area contributed by atoms with Crippen LogP contribution in [0.2, 0.25) is 0 Å². The molecule has 2 aromatic heterocycles. The highest BCUT2D eigenvalue weighted by molar-refractivity contribution is 9.10. The lowest BCUT2D eigenvalue weighted by Gasteiger charge is -1.92. The van der Waals surface area contributed by atoms with Crippen molar-refractivity contribution < 1.29 is 0 Å². The highest BCUT2D eigenvalue weighted by Gasteiger charge is 2.02. The van der Waals surface area contributed by atoms with E-state index in [0.29, 0.717) is 0 Å². The largest absolute Gasteiger partial charge is 0.306 e. The van der Waals surface area contributed by atoms with E-state index in [1.807, 2.05) is 18.3 Å². The average Bonchev–Trinajstić information content (AvgIpc) is 2.49. The van der Waals surface area contributed by atoms with Crippen molar-refractivity contribution >= 4 is 21.6 Å². The van der Waals surface area contributed by atoms with E-state index in [0.717, 1.165) is 28.7 Å². The normalized spacial score (nSPS) is 10.9. The number of hydrogen-bond acceptors (Lipinski definition) is 1. The Labute approximate surface area is 85.7 Å². The summed E-state index contributed by atoms with van der Waals surface area (Å²) in [6.07, 6.45) is 6.30. The molecule has 68 valence electrons. The fourth-order valence-electron chi connectivity index (χ4n) is 1.41. The third kappa shape index (κ3) is 1.61. The second-order valence-corrected chi connectivity index (χ2v) is 3.92. The monoisotopic (exact) mass is 238 g/mol. The van der Waals surface area contributed by atoms with Crippen LogP contribution in [0.15, 0.2) is 29.0 Å². The highest BCUT2D eigenvalue weighted by atomic mass is 79.9. The summed E-state index contributed by atoms with van der Waals surface area (Å²) in [6, 6.07) is 4.02. The first-order valence-electron chi connectivity index (χ1n) is 4.43. The molecule has 2 aromatic rings. The van der Waals surface area contributed by atoms with Gasteiger partial charge in [-0.25, -0.2) is 4.98 Å². The number of halogens is 1. The van der Waals surface area contributed by atoms with E-state index >= 15 is 0 Å². The number of aromatic nitrogens is 2. The Kier molecular flexibility index (Phi) is 2.36. The van der Waals surface area contributed by atoms with Crippen molar-refractivity contribution in [2.45, 2.75) is 19.8 Å². The van der Waals surface area contributed by atoms with Gasteiger partial charge in [-0.15, -0.1) is 0 Å². The SMILES string of the molecule is CCCc1cn2cccc(Br)c2n1. The molecule has 0 radical (unpaired) electrons. The van der Waals surface area contributed by atoms with E-state index in [1.54, 1.807) is 0 Å². The minimum Gasteiger partial charge on any atom is -0.306 e. The minimum absolute atomic E-state index is 1.01. The van der Waals surface area contributed by atoms with Crippen LogP contribution in [0.4, 0.5) is 0 Å². The lowest BCUT2D eigenvalue weighted by molar-refractivity contribution is 0.894. The number of pyridine rings is 1. The maximum atomic E-state index is 4.52. The smallest absolute Gasteiger partial charge is 0.151 e. The summed E-state index contributed by atoms with van der Waals surface area (Å²) in [5, 5.41) is 0. The predicted molar refractivity (Wildman–Crippen MR) is 56.9 cm³/mol. The number of fused-ring (bicyclic) bond motifs is 1. The van der Waals surface area contributed by atoms with Gasteiger partial charge in [0, 0.05) is 12.4 Å². The van der Waals surface area contributed by atoms with Gasteiger partial charge in [-0.3, -0.25) is 0 Å². The molecule has 0 aliphatic carbocycles. The van der Waals surface area contributed by atoms with Gasteiger partial charge in [-0.1, -0.05) is 13.3 Å². The maximum absolute atomic E-state index is 4.52. The molecule has 0 saturated carbocycles. The Hall–Kier alpha value is -0.830. The number of hydrogen-bond donors (Lipinski definition) is 0. The fourth-order valence-corrected chi connectivity index (χ4v) is 1.85. The van der Waals surface area contributed by atoms with Crippen LogP contribution in [0, 0.1) is 0 Å². The quantitative estimate of drug-likeness (QED) is 0.787. The molecule has 0 aliphatic rings. The van der Waals surface area contributed by atoms with Crippen LogP contribution in [0.3, 0.4) is 0 Å². The first-order valence-corrected chi connectivity index (χ1v) is 5.22. The van der Waals surface area contributed by atoms with Crippen molar-refractivity contribution in [1.82, 2.24) is 9.38 Å². The Morgan fingerprint density at radius 3 is 3.08 bits per heavy atom. The Bertz CT molecular complexity index is 420. The van der Waals surface area contributed by atoms with Gasteiger partial charge in [0.25, 0.3) is 0 Å². The second-order valence-electron chi connectivity index (χ2n) is 3.07. The van der Waals surface area contributed by atoms with Gasteiger partial charge in [0.15, 0.2) is 5.65 Å². The molecule has 0 amide bonds. The first-order chi connectivity index (χ1) is 6.31. The number of nitrogens with zero attached hydrogens (tertiary/aromatic N) is 2. The van der Waals surface area contributed by atoms with Crippen LogP contribution >= 0.6 is 15.9 Å². The molecule has 2 heterocycles. The molecule has 13 heavy (non-hydrogen) atoms. The lowest BCUT2D eigenvalue weighted by atomic mass is 10.3. The maximum Gasteiger partial charge on any atom is 0.151 e. The molecule has 0 unspecified atom stereocenters. The van der Waals surface area contributed by atoms with Gasteiger partial charge in [0.05, 0.1) is 10.2 Å². The average molecular weight is 239 g/mol. The highest BCUT2D eigenvalue weighted by Crippen LogP contribution is 2.17. The van der Waals surface area contributed by atoms with Crippen LogP contribution in [0.5, 0.6) is 0 Å². The molecular formula is C10H11BrN2. The van der Waals surface area contributed by atoms with Crippen molar-refractivity contribution in [1.29, 1.82) is 0 Å². The molecular weight excluding hydrogens is 228 g/mol. The van der Waals surface area contributed by atoms with Gasteiger partial charge in [-0.2, -0.15) is 0 Å². The van der Waals surface area contributed by atoms with Crippen LogP contribution < -0.4 is 0 Å². The van der Waals surface area contributed by atoms with Gasteiger partial charge in [-0.05, 0) is 34.5 Å². The van der Waals surface area contributed by atoms with Gasteiger partial charge in [0.1, 0.15) is 0 Å². The molecule has 3 heteroatoms. The Morgan fingerprint density at radius 2 is 2.38 bits per heavy atom. The third-order valence-electron chi connectivity index (χ3n) is 1.99. The Balaban J connectivity index is 2.55. The topological polar surface area (TPSA) is 17.3 Å². The summed E-state index contributed by atoms with van der Waals surface area (Å²) in [4.78, 5) is 4.52. The number of aryl methyl sites for hydroxylation is 1. The number of imidazole rings is 1. The summed E-state index contributed by atoms with van der Waals surface area (Å²) in [7, 11) is 0. The van der Waals surface area contributed by atoms with E-state index in [2.05, 4.69) is 38.4 Å². The standard InChI is InChI=1S/C10H11BrN2/c1-2-4-8-7-13-6-3-5-9(11)10(13)12-8/h3,5-7H,2,4H2,1H3. The van der Waals surface area contributed by atoms with Crippen molar-refractivity contribution in [2.24, 2.45) is 0 Å². The van der Waals surface area contributed by atoms with Crippen molar-refractivity contribution in [3.63, 3.8) is 0 Å². The van der Waals surface area contributed by atoms with E-state index in [1.165, 1.54) is 0 Å². The predicted octanol–water partition coefficient (Wildman–Crippen LogP) is 3.05. The van der Waals surface area contributed by atoms with Crippen LogP contribution in [0.25, 0.3) is 5.65 Å². The van der Waals surface area contributed by atoms with Crippen LogP contribution in [0.1, 0.15) is 19.0 Å². The second kappa shape index (κ2) is 3.50. The molecule has 0 saturated heterocycles. The summed E-state index contributed by atoms with van der Waals surface area (Å²) in [5.41, 5.74) is 2.17. The molecule has 0 spiro atoms. The summed E-state index contributed by atoms with van der Waals surface area (Å²) >= 11 is 3.48. The molecule has 2 rings (SSSR count). The zero-order chi connectivity index (χ0) is 9.26. The molecule has 2 nitrogen and oxygen atoms in total. The van der Waals surface area contributed by atoms with Crippen molar-refractivity contribution in [3.8, 4) is 0 Å². The molecule has 0 aromatic carbocycles. The minimum atomic E-state index is 1.01. The van der Waals surface area contributed by atoms with E-state index in [9.17, 15) is 0 Å². The zero-order valence-electron chi connectivity index (χ0n) is 7.50. The van der Waals surface area contributed by atoms with Crippen molar-refractivity contribution in [3.05, 3.63) is 34.7 Å². The van der Waals surface area contributed by atoms with Crippen LogP contribution in [-0.2, 0) is 6.42 Å². The fraction of sp³-hybridized carbons (Fsp3) is 0.300. The molecule has 0 N–H and O–H groups in total. The van der Waals surface area contributed by atoms with Crippen LogP contribution in [-0.4, -0.2) is 9.38 Å². The first kappa shape index (κ1) is 8.75.